The quantitative estimate of drug-likeness (QED) is 0.470. The van der Waals surface area contributed by atoms with Gasteiger partial charge in [-0.15, -0.1) is 0 Å². The van der Waals surface area contributed by atoms with Gasteiger partial charge in [0.25, 0.3) is 0 Å². The lowest BCUT2D eigenvalue weighted by Crippen LogP contribution is -3.00. The number of fused-ring (bicyclic) bond motifs is 1. The Morgan fingerprint density at radius 3 is 2.80 bits per heavy atom. The maximum absolute atomic E-state index is 11.4. The van der Waals surface area contributed by atoms with Crippen LogP contribution in [0, 0.1) is 0 Å². The molecular weight excluding hydrogens is 286 g/mol. The number of ether oxygens (including phenoxy) is 1. The van der Waals surface area contributed by atoms with Crippen molar-refractivity contribution in [2.24, 2.45) is 0 Å². The summed E-state index contributed by atoms with van der Waals surface area (Å²) in [6, 6.07) is 5.20. The van der Waals surface area contributed by atoms with Crippen molar-refractivity contribution in [1.29, 1.82) is 0 Å². The van der Waals surface area contributed by atoms with Crippen LogP contribution in [-0.2, 0) is 16.1 Å². The molecule has 0 bridgehead atoms. The summed E-state index contributed by atoms with van der Waals surface area (Å²) in [6.45, 7) is 1.59. The summed E-state index contributed by atoms with van der Waals surface area (Å²) in [5, 5.41) is 9.96. The van der Waals surface area contributed by atoms with Crippen LogP contribution < -0.4 is 23.8 Å². The van der Waals surface area contributed by atoms with E-state index in [0.717, 1.165) is 0 Å². The Labute approximate surface area is 120 Å². The van der Waals surface area contributed by atoms with Gasteiger partial charge in [0.15, 0.2) is 6.04 Å². The number of aromatic hydroxyl groups is 1. The van der Waals surface area contributed by atoms with Gasteiger partial charge in [0.1, 0.15) is 17.9 Å². The Balaban J connectivity index is 0.00000200. The molecule has 108 valence electrons. The van der Waals surface area contributed by atoms with E-state index in [-0.39, 0.29) is 30.3 Å². The van der Waals surface area contributed by atoms with Crippen LogP contribution in [-0.4, -0.2) is 17.1 Å². The average molecular weight is 300 g/mol. The van der Waals surface area contributed by atoms with Crippen molar-refractivity contribution in [1.82, 2.24) is 0 Å². The molecule has 0 fully saturated rings. The molecule has 1 heterocycles. The Morgan fingerprint density at radius 1 is 1.45 bits per heavy atom. The van der Waals surface area contributed by atoms with Crippen LogP contribution in [0.4, 0.5) is 0 Å². The maximum Gasteiger partial charge on any atom is 0.364 e. The number of benzene rings is 1. The second kappa shape index (κ2) is 6.40. The number of carbonyl (C=O) groups excluding carboxylic acids is 1. The molecule has 7 heteroatoms. The first-order chi connectivity index (χ1) is 8.97. The summed E-state index contributed by atoms with van der Waals surface area (Å²) in [7, 11) is 0. The fourth-order valence-corrected chi connectivity index (χ4v) is 1.63. The topological polar surface area (TPSA) is 104 Å². The molecule has 0 saturated carbocycles. The molecule has 6 nitrogen and oxygen atoms in total. The van der Waals surface area contributed by atoms with E-state index in [1.54, 1.807) is 13.0 Å². The minimum atomic E-state index is -0.563. The first-order valence-corrected chi connectivity index (χ1v) is 5.73. The minimum Gasteiger partial charge on any atom is -1.00 e. The number of hydrogen-bond acceptors (Lipinski definition) is 5. The molecule has 1 aromatic carbocycles. The third-order valence-corrected chi connectivity index (χ3v) is 2.59. The van der Waals surface area contributed by atoms with Gasteiger partial charge in [0.2, 0.25) is 0 Å². The van der Waals surface area contributed by atoms with Gasteiger partial charge in [-0.2, -0.15) is 0 Å². The highest BCUT2D eigenvalue weighted by molar-refractivity contribution is 5.81. The van der Waals surface area contributed by atoms with Crippen LogP contribution in [0.1, 0.15) is 12.5 Å². The zero-order valence-electron chi connectivity index (χ0n) is 10.8. The number of phenols is 1. The molecular formula is C13H14ClNO5. The summed E-state index contributed by atoms with van der Waals surface area (Å²) < 4.78 is 10.0. The van der Waals surface area contributed by atoms with Crippen LogP contribution in [0.15, 0.2) is 33.5 Å². The molecule has 1 atom stereocenters. The fraction of sp³-hybridized carbons (Fsp3) is 0.231. The molecule has 20 heavy (non-hydrogen) atoms. The number of quaternary nitrogens is 1. The molecule has 1 aromatic heterocycles. The third-order valence-electron chi connectivity index (χ3n) is 2.59. The molecule has 2 aromatic rings. The van der Waals surface area contributed by atoms with Crippen molar-refractivity contribution in [3.05, 3.63) is 40.2 Å². The number of halogens is 1. The van der Waals surface area contributed by atoms with E-state index in [1.807, 2.05) is 0 Å². The van der Waals surface area contributed by atoms with E-state index in [4.69, 9.17) is 9.15 Å². The number of carbonyl (C=O) groups is 1. The van der Waals surface area contributed by atoms with E-state index in [0.29, 0.717) is 10.9 Å². The highest BCUT2D eigenvalue weighted by Gasteiger charge is 2.14. The molecule has 0 aliphatic rings. The largest absolute Gasteiger partial charge is 1.00 e. The fourth-order valence-electron chi connectivity index (χ4n) is 1.63. The van der Waals surface area contributed by atoms with Crippen LogP contribution in [0.3, 0.4) is 0 Å². The Morgan fingerprint density at radius 2 is 2.15 bits per heavy atom. The third kappa shape index (κ3) is 3.49. The SMILES string of the molecule is CC([NH3+])C(=O)OCc1cc(=O)oc2cc(O)ccc12.[Cl-]. The molecule has 0 saturated heterocycles. The molecule has 0 spiro atoms. The number of phenolic OH excluding ortho intramolecular Hbond substituents is 1. The highest BCUT2D eigenvalue weighted by Crippen LogP contribution is 2.22. The molecule has 0 radical (unpaired) electrons. The zero-order chi connectivity index (χ0) is 14.0. The van der Waals surface area contributed by atoms with Crippen molar-refractivity contribution < 1.29 is 37.2 Å². The van der Waals surface area contributed by atoms with E-state index in [9.17, 15) is 14.7 Å². The summed E-state index contributed by atoms with van der Waals surface area (Å²) in [5.74, 6) is -0.448. The Bertz CT molecular complexity index is 680. The van der Waals surface area contributed by atoms with Gasteiger partial charge in [0.05, 0.1) is 0 Å². The van der Waals surface area contributed by atoms with Crippen molar-refractivity contribution in [2.75, 3.05) is 0 Å². The normalized spacial score (nSPS) is 11.7. The molecule has 4 N–H and O–H groups in total. The van der Waals surface area contributed by atoms with Gasteiger partial charge in [-0.1, -0.05) is 0 Å². The van der Waals surface area contributed by atoms with Gasteiger partial charge in [-0.25, -0.2) is 9.59 Å². The van der Waals surface area contributed by atoms with Crippen LogP contribution in [0.2, 0.25) is 0 Å². The smallest absolute Gasteiger partial charge is 0.364 e. The van der Waals surface area contributed by atoms with E-state index in [2.05, 4.69) is 5.73 Å². The maximum atomic E-state index is 11.4. The lowest BCUT2D eigenvalue weighted by molar-refractivity contribution is -0.403. The molecule has 0 aliphatic heterocycles. The minimum absolute atomic E-state index is 0. The number of esters is 1. The standard InChI is InChI=1S/C13H13NO5.ClH/c1-7(14)13(17)18-6-8-4-12(16)19-11-5-9(15)2-3-10(8)11;/h2-5,7,15H,6,14H2,1H3;1H. The van der Waals surface area contributed by atoms with Crippen molar-refractivity contribution in [3.8, 4) is 5.75 Å². The molecule has 2 rings (SSSR count). The second-order valence-corrected chi connectivity index (χ2v) is 4.28. The number of rotatable bonds is 3. The number of hydrogen-bond donors (Lipinski definition) is 2. The van der Waals surface area contributed by atoms with Gasteiger partial charge >= 0.3 is 11.6 Å². The van der Waals surface area contributed by atoms with Gasteiger partial charge in [-0.05, 0) is 19.1 Å². The van der Waals surface area contributed by atoms with Crippen molar-refractivity contribution in [2.45, 2.75) is 19.6 Å². The highest BCUT2D eigenvalue weighted by atomic mass is 35.5. The average Bonchev–Trinajstić information content (AvgIpc) is 2.34. The summed E-state index contributed by atoms with van der Waals surface area (Å²) in [5.41, 5.74) is 3.77. The first-order valence-electron chi connectivity index (χ1n) is 5.73. The summed E-state index contributed by atoms with van der Waals surface area (Å²) >= 11 is 0. The molecule has 1 unspecified atom stereocenters. The van der Waals surface area contributed by atoms with Crippen LogP contribution in [0.5, 0.6) is 5.75 Å². The van der Waals surface area contributed by atoms with E-state index in [1.165, 1.54) is 18.2 Å². The second-order valence-electron chi connectivity index (χ2n) is 4.28. The van der Waals surface area contributed by atoms with Gasteiger partial charge < -0.3 is 32.4 Å². The van der Waals surface area contributed by atoms with E-state index >= 15 is 0 Å². The Kier molecular flexibility index (Phi) is 5.12. The molecule has 0 aliphatic carbocycles. The monoisotopic (exact) mass is 299 g/mol. The molecule has 0 amide bonds. The van der Waals surface area contributed by atoms with Crippen molar-refractivity contribution in [3.63, 3.8) is 0 Å². The van der Waals surface area contributed by atoms with Crippen LogP contribution in [0.25, 0.3) is 11.0 Å². The van der Waals surface area contributed by atoms with Crippen molar-refractivity contribution >= 4 is 16.9 Å². The predicted molar refractivity (Wildman–Crippen MR) is 66.3 cm³/mol. The zero-order valence-corrected chi connectivity index (χ0v) is 11.5. The first kappa shape index (κ1) is 16.0. The summed E-state index contributed by atoms with van der Waals surface area (Å²) in [4.78, 5) is 22.8. The summed E-state index contributed by atoms with van der Waals surface area (Å²) in [6.07, 6.45) is 0. The van der Waals surface area contributed by atoms with Crippen LogP contribution >= 0.6 is 0 Å². The lowest BCUT2D eigenvalue weighted by atomic mass is 10.1. The Hall–Kier alpha value is -2.05. The predicted octanol–water partition coefficient (Wildman–Crippen LogP) is -2.82. The van der Waals surface area contributed by atoms with Gasteiger partial charge in [0, 0.05) is 23.1 Å². The van der Waals surface area contributed by atoms with E-state index < -0.39 is 17.6 Å². The van der Waals surface area contributed by atoms with Gasteiger partial charge in [-0.3, -0.25) is 0 Å². The lowest BCUT2D eigenvalue weighted by Gasteiger charge is -2.07.